The van der Waals surface area contributed by atoms with Gasteiger partial charge in [0, 0.05) is 74.8 Å². The van der Waals surface area contributed by atoms with E-state index in [4.69, 9.17) is 24.4 Å². The third-order valence-corrected chi connectivity index (χ3v) is 9.04. The zero-order chi connectivity index (χ0) is 24.8. The highest BCUT2D eigenvalue weighted by molar-refractivity contribution is 8.23. The molecule has 2 aromatic carbocycles. The van der Waals surface area contributed by atoms with E-state index in [1.807, 2.05) is 68.5 Å². The molecule has 0 amide bonds. The van der Waals surface area contributed by atoms with Crippen molar-refractivity contribution >= 4 is 73.3 Å². The van der Waals surface area contributed by atoms with Crippen molar-refractivity contribution in [3.05, 3.63) is 71.7 Å². The molecule has 1 heterocycles. The number of nitrogens with zero attached hydrogens (tertiary/aromatic N) is 3. The van der Waals surface area contributed by atoms with Crippen molar-refractivity contribution in [3.63, 3.8) is 0 Å². The van der Waals surface area contributed by atoms with Gasteiger partial charge in [-0.2, -0.15) is 0 Å². The van der Waals surface area contributed by atoms with Crippen molar-refractivity contribution < 1.29 is 9.18 Å². The Bertz CT molecular complexity index is 1150. The van der Waals surface area contributed by atoms with Gasteiger partial charge in [-0.3, -0.25) is 4.79 Å². The molecule has 0 aliphatic rings. The zero-order valence-corrected chi connectivity index (χ0v) is 22.9. The van der Waals surface area contributed by atoms with E-state index < -0.39 is 0 Å². The van der Waals surface area contributed by atoms with Crippen LogP contribution in [-0.2, 0) is 6.54 Å². The number of halogens is 1. The Morgan fingerprint density at radius 2 is 1.50 bits per heavy atom. The number of thiocarbonyl (C=S) groups is 2. The van der Waals surface area contributed by atoms with E-state index in [1.54, 1.807) is 12.1 Å². The van der Waals surface area contributed by atoms with Gasteiger partial charge in [0.25, 0.3) is 0 Å². The maximum Gasteiger partial charge on any atom is 0.169 e. The molecular weight excluding hydrogens is 506 g/mol. The lowest BCUT2D eigenvalue weighted by Crippen LogP contribution is -2.25. The molecule has 4 nitrogen and oxygen atoms in total. The normalized spacial score (nSPS) is 11.1. The molecular formula is C25H28FN3OS4. The highest BCUT2D eigenvalue weighted by Gasteiger charge is 2.25. The summed E-state index contributed by atoms with van der Waals surface area (Å²) in [5.41, 5.74) is 2.63. The average molecular weight is 534 g/mol. The van der Waals surface area contributed by atoms with Crippen LogP contribution in [0.25, 0.3) is 10.9 Å². The van der Waals surface area contributed by atoms with Crippen LogP contribution in [-0.4, -0.2) is 68.5 Å². The van der Waals surface area contributed by atoms with Gasteiger partial charge in [-0.05, 0) is 23.8 Å². The van der Waals surface area contributed by atoms with Crippen molar-refractivity contribution in [2.45, 2.75) is 6.54 Å². The number of thioether (sulfide) groups is 2. The van der Waals surface area contributed by atoms with Crippen LogP contribution >= 0.6 is 48.0 Å². The minimum atomic E-state index is -0.263. The second-order valence-corrected chi connectivity index (χ2v) is 11.6. The molecule has 9 heteroatoms. The van der Waals surface area contributed by atoms with E-state index in [0.29, 0.717) is 23.6 Å². The predicted octanol–water partition coefficient (Wildman–Crippen LogP) is 5.79. The van der Waals surface area contributed by atoms with Gasteiger partial charge in [-0.25, -0.2) is 4.39 Å². The summed E-state index contributed by atoms with van der Waals surface area (Å²) >= 11 is 13.9. The van der Waals surface area contributed by atoms with Gasteiger partial charge in [0.1, 0.15) is 14.5 Å². The lowest BCUT2D eigenvalue weighted by atomic mass is 10.0. The van der Waals surface area contributed by atoms with Crippen molar-refractivity contribution in [2.24, 2.45) is 5.92 Å². The summed E-state index contributed by atoms with van der Waals surface area (Å²) < 4.78 is 16.9. The van der Waals surface area contributed by atoms with Crippen molar-refractivity contribution in [1.29, 1.82) is 0 Å². The first-order chi connectivity index (χ1) is 16.2. The van der Waals surface area contributed by atoms with Gasteiger partial charge in [0.2, 0.25) is 0 Å². The lowest BCUT2D eigenvalue weighted by Gasteiger charge is -2.19. The molecule has 3 aromatic rings. The van der Waals surface area contributed by atoms with Gasteiger partial charge in [0.15, 0.2) is 5.78 Å². The Morgan fingerprint density at radius 3 is 2.06 bits per heavy atom. The van der Waals surface area contributed by atoms with Gasteiger partial charge >= 0.3 is 0 Å². The fourth-order valence-corrected chi connectivity index (χ4v) is 5.68. The second kappa shape index (κ2) is 12.2. The molecule has 0 fully saturated rings. The quantitative estimate of drug-likeness (QED) is 0.267. The Labute approximate surface area is 219 Å². The van der Waals surface area contributed by atoms with Crippen LogP contribution < -0.4 is 0 Å². The van der Waals surface area contributed by atoms with Crippen LogP contribution in [0.5, 0.6) is 0 Å². The summed E-state index contributed by atoms with van der Waals surface area (Å²) in [4.78, 5) is 17.6. The highest BCUT2D eigenvalue weighted by Crippen LogP contribution is 2.28. The third kappa shape index (κ3) is 6.81. The fraction of sp³-hybridized carbons (Fsp3) is 0.320. The van der Waals surface area contributed by atoms with Crippen molar-refractivity contribution in [2.75, 3.05) is 39.7 Å². The maximum atomic E-state index is 13.8. The largest absolute Gasteiger partial charge is 0.364 e. The van der Waals surface area contributed by atoms with Crippen molar-refractivity contribution in [3.8, 4) is 0 Å². The third-order valence-electron chi connectivity index (χ3n) is 5.24. The SMILES string of the molecule is CN(C)C(=S)SCC(CSC(=S)N(C)C)C(=O)c1cn(Cc2ccc(F)cc2)c2ccccc12. The van der Waals surface area contributed by atoms with E-state index in [0.717, 1.165) is 25.1 Å². The van der Waals surface area contributed by atoms with Crippen LogP contribution in [0.15, 0.2) is 54.7 Å². The van der Waals surface area contributed by atoms with Crippen molar-refractivity contribution in [1.82, 2.24) is 14.4 Å². The van der Waals surface area contributed by atoms with Gasteiger partial charge in [-0.1, -0.05) is 78.3 Å². The predicted molar refractivity (Wildman–Crippen MR) is 153 cm³/mol. The van der Waals surface area contributed by atoms with E-state index in [9.17, 15) is 9.18 Å². The summed E-state index contributed by atoms with van der Waals surface area (Å²) in [5, 5.41) is 0.917. The summed E-state index contributed by atoms with van der Waals surface area (Å²) in [5.74, 6) is 0.723. The Kier molecular flexibility index (Phi) is 9.53. The first-order valence-electron chi connectivity index (χ1n) is 10.7. The van der Waals surface area contributed by atoms with Crippen LogP contribution in [0.4, 0.5) is 4.39 Å². The van der Waals surface area contributed by atoms with E-state index in [2.05, 4.69) is 4.57 Å². The summed E-state index contributed by atoms with van der Waals surface area (Å²) in [6, 6.07) is 14.4. The maximum absolute atomic E-state index is 13.8. The molecule has 0 saturated heterocycles. The Morgan fingerprint density at radius 1 is 0.941 bits per heavy atom. The number of hydrogen-bond donors (Lipinski definition) is 0. The Balaban J connectivity index is 1.91. The van der Waals surface area contributed by atoms with Gasteiger partial charge in [-0.15, -0.1) is 0 Å². The number of carbonyl (C=O) groups excluding carboxylic acids is 1. The number of para-hydroxylation sites is 1. The van der Waals surface area contributed by atoms with E-state index in [1.165, 1.54) is 35.7 Å². The number of rotatable bonds is 8. The molecule has 0 unspecified atom stereocenters. The molecule has 1 aromatic heterocycles. The summed E-state index contributed by atoms with van der Waals surface area (Å²) in [6.07, 6.45) is 1.92. The zero-order valence-electron chi connectivity index (χ0n) is 19.7. The first kappa shape index (κ1) is 26.7. The molecule has 0 bridgehead atoms. The molecule has 0 spiro atoms. The molecule has 34 heavy (non-hydrogen) atoms. The summed E-state index contributed by atoms with van der Waals surface area (Å²) in [7, 11) is 7.63. The van der Waals surface area contributed by atoms with Crippen LogP contribution in [0.3, 0.4) is 0 Å². The monoisotopic (exact) mass is 533 g/mol. The topological polar surface area (TPSA) is 28.5 Å². The Hall–Kier alpha value is -1.94. The summed E-state index contributed by atoms with van der Waals surface area (Å²) in [6.45, 7) is 0.553. The number of carbonyl (C=O) groups is 1. The molecule has 0 aliphatic heterocycles. The number of hydrogen-bond acceptors (Lipinski definition) is 5. The average Bonchev–Trinajstić information content (AvgIpc) is 3.18. The number of ketones is 1. The smallest absolute Gasteiger partial charge is 0.169 e. The number of aromatic nitrogens is 1. The number of fused-ring (bicyclic) bond motifs is 1. The minimum Gasteiger partial charge on any atom is -0.364 e. The molecule has 180 valence electrons. The second-order valence-electron chi connectivity index (χ2n) is 8.32. The van der Waals surface area contributed by atoms with E-state index >= 15 is 0 Å². The molecule has 0 aliphatic carbocycles. The van der Waals surface area contributed by atoms with Gasteiger partial charge < -0.3 is 14.4 Å². The number of Topliss-reactive ketones (excluding diaryl/α,β-unsaturated/α-hetero) is 1. The number of benzene rings is 2. The minimum absolute atomic E-state index is 0.0807. The van der Waals surface area contributed by atoms with Gasteiger partial charge in [0.05, 0.1) is 0 Å². The molecule has 0 radical (unpaired) electrons. The fourth-order valence-electron chi connectivity index (χ4n) is 3.38. The molecule has 3 rings (SSSR count). The highest BCUT2D eigenvalue weighted by atomic mass is 32.2. The molecule has 0 N–H and O–H groups in total. The first-order valence-corrected chi connectivity index (χ1v) is 13.5. The molecule has 0 atom stereocenters. The van der Waals surface area contributed by atoms with E-state index in [-0.39, 0.29) is 17.5 Å². The lowest BCUT2D eigenvalue weighted by molar-refractivity contribution is 0.0946. The van der Waals surface area contributed by atoms with Crippen LogP contribution in [0.2, 0.25) is 0 Å². The standard InChI is InChI=1S/C25H28FN3OS4/c1-27(2)24(31)33-15-18(16-34-25(32)28(3)4)23(30)21-14-29(22-8-6-5-7-20(21)22)13-17-9-11-19(26)12-10-17/h5-12,14,18H,13,15-16H2,1-4H3. The van der Waals surface area contributed by atoms with Crippen LogP contribution in [0.1, 0.15) is 15.9 Å². The van der Waals surface area contributed by atoms with Crippen LogP contribution in [0, 0.1) is 11.7 Å². The molecule has 0 saturated carbocycles.